The number of aryl methyl sites for hydroxylation is 1. The van der Waals surface area contributed by atoms with Gasteiger partial charge in [0.15, 0.2) is 0 Å². The standard InChI is InChI=1S/C22H25ClN4O3S/c1-16-4-10-20(11-5-16)31(28,29)24-13-17-3-2-12-27(14-17)15-21-25-22(26-30-21)18-6-8-19(23)9-7-18/h4-11,17,24H,2-3,12-15H2,1H3. The normalized spacial score (nSPS) is 17.7. The molecule has 2 aromatic carbocycles. The fraction of sp³-hybridized carbons (Fsp3) is 0.364. The van der Waals surface area contributed by atoms with Crippen LogP contribution in [0.2, 0.25) is 5.02 Å². The van der Waals surface area contributed by atoms with Crippen LogP contribution in [0.5, 0.6) is 0 Å². The van der Waals surface area contributed by atoms with Crippen molar-refractivity contribution in [3.8, 4) is 11.4 Å². The molecule has 1 atom stereocenters. The lowest BCUT2D eigenvalue weighted by Gasteiger charge is -2.31. The highest BCUT2D eigenvalue weighted by atomic mass is 35.5. The summed E-state index contributed by atoms with van der Waals surface area (Å²) in [4.78, 5) is 7.01. The Labute approximate surface area is 187 Å². The van der Waals surface area contributed by atoms with Crippen molar-refractivity contribution in [2.45, 2.75) is 31.2 Å². The molecule has 9 heteroatoms. The summed E-state index contributed by atoms with van der Waals surface area (Å²) in [5.74, 6) is 1.31. The van der Waals surface area contributed by atoms with Crippen molar-refractivity contribution in [1.29, 1.82) is 0 Å². The van der Waals surface area contributed by atoms with Gasteiger partial charge in [0.2, 0.25) is 21.7 Å². The number of rotatable bonds is 7. The summed E-state index contributed by atoms with van der Waals surface area (Å²) in [6, 6.07) is 14.2. The van der Waals surface area contributed by atoms with E-state index < -0.39 is 10.0 Å². The zero-order valence-electron chi connectivity index (χ0n) is 17.3. The van der Waals surface area contributed by atoms with Gasteiger partial charge >= 0.3 is 0 Å². The molecule has 0 amide bonds. The van der Waals surface area contributed by atoms with Gasteiger partial charge in [-0.05, 0) is 68.6 Å². The van der Waals surface area contributed by atoms with Crippen molar-refractivity contribution in [2.75, 3.05) is 19.6 Å². The maximum atomic E-state index is 12.6. The number of sulfonamides is 1. The Kier molecular flexibility index (Phi) is 6.71. The van der Waals surface area contributed by atoms with E-state index in [-0.39, 0.29) is 5.92 Å². The minimum atomic E-state index is -3.50. The maximum Gasteiger partial charge on any atom is 0.241 e. The quantitative estimate of drug-likeness (QED) is 0.575. The molecule has 7 nitrogen and oxygen atoms in total. The van der Waals surface area contributed by atoms with Gasteiger partial charge in [-0.1, -0.05) is 34.5 Å². The van der Waals surface area contributed by atoms with Gasteiger partial charge in [-0.15, -0.1) is 0 Å². The van der Waals surface area contributed by atoms with Gasteiger partial charge in [-0.25, -0.2) is 13.1 Å². The summed E-state index contributed by atoms with van der Waals surface area (Å²) in [5, 5.41) is 4.72. The van der Waals surface area contributed by atoms with Crippen LogP contribution in [0.1, 0.15) is 24.3 Å². The van der Waals surface area contributed by atoms with Gasteiger partial charge in [0.05, 0.1) is 11.4 Å². The number of hydrogen-bond donors (Lipinski definition) is 1. The summed E-state index contributed by atoms with van der Waals surface area (Å²) in [6.45, 7) is 4.57. The van der Waals surface area contributed by atoms with Crippen LogP contribution in [0.15, 0.2) is 57.9 Å². The number of nitrogens with zero attached hydrogens (tertiary/aromatic N) is 3. The molecular formula is C22H25ClN4O3S. The van der Waals surface area contributed by atoms with E-state index in [0.717, 1.165) is 37.1 Å². The number of halogens is 1. The van der Waals surface area contributed by atoms with E-state index in [0.29, 0.717) is 34.7 Å². The van der Waals surface area contributed by atoms with E-state index in [1.807, 2.05) is 19.1 Å². The number of benzene rings is 2. The number of hydrogen-bond acceptors (Lipinski definition) is 6. The molecule has 164 valence electrons. The Bertz CT molecular complexity index is 1110. The molecule has 1 fully saturated rings. The third-order valence-corrected chi connectivity index (χ3v) is 7.12. The Morgan fingerprint density at radius 1 is 1.16 bits per heavy atom. The maximum absolute atomic E-state index is 12.6. The third-order valence-electron chi connectivity index (χ3n) is 5.43. The first-order valence-corrected chi connectivity index (χ1v) is 12.1. The summed E-state index contributed by atoms with van der Waals surface area (Å²) in [5.41, 5.74) is 1.88. The summed E-state index contributed by atoms with van der Waals surface area (Å²) in [6.07, 6.45) is 1.97. The van der Waals surface area contributed by atoms with E-state index >= 15 is 0 Å². The van der Waals surface area contributed by atoms with Crippen molar-refractivity contribution >= 4 is 21.6 Å². The Morgan fingerprint density at radius 2 is 1.90 bits per heavy atom. The number of aromatic nitrogens is 2. The van der Waals surface area contributed by atoms with Crippen LogP contribution < -0.4 is 4.72 Å². The fourth-order valence-electron chi connectivity index (χ4n) is 3.72. The average Bonchev–Trinajstić information content (AvgIpc) is 3.22. The van der Waals surface area contributed by atoms with Crippen molar-refractivity contribution in [3.05, 3.63) is 65.0 Å². The molecule has 0 radical (unpaired) electrons. The van der Waals surface area contributed by atoms with Gasteiger partial charge in [0, 0.05) is 23.7 Å². The first-order valence-electron chi connectivity index (χ1n) is 10.3. The Balaban J connectivity index is 1.32. The lowest BCUT2D eigenvalue weighted by molar-refractivity contribution is 0.151. The molecule has 1 N–H and O–H groups in total. The minimum absolute atomic E-state index is 0.229. The van der Waals surface area contributed by atoms with E-state index in [4.69, 9.17) is 16.1 Å². The molecule has 2 heterocycles. The van der Waals surface area contributed by atoms with Crippen LogP contribution in [-0.2, 0) is 16.6 Å². The van der Waals surface area contributed by atoms with Crippen LogP contribution in [0, 0.1) is 12.8 Å². The lowest BCUT2D eigenvalue weighted by atomic mass is 9.98. The predicted molar refractivity (Wildman–Crippen MR) is 119 cm³/mol. The molecule has 1 aliphatic rings. The minimum Gasteiger partial charge on any atom is -0.338 e. The zero-order chi connectivity index (χ0) is 21.8. The monoisotopic (exact) mass is 460 g/mol. The van der Waals surface area contributed by atoms with Crippen molar-refractivity contribution in [3.63, 3.8) is 0 Å². The fourth-order valence-corrected chi connectivity index (χ4v) is 4.96. The first-order chi connectivity index (χ1) is 14.9. The van der Waals surface area contributed by atoms with Crippen LogP contribution in [-0.4, -0.2) is 43.1 Å². The molecular weight excluding hydrogens is 436 g/mol. The molecule has 0 aliphatic carbocycles. The second-order valence-electron chi connectivity index (χ2n) is 7.93. The number of piperidine rings is 1. The second-order valence-corrected chi connectivity index (χ2v) is 10.1. The van der Waals surface area contributed by atoms with Crippen molar-refractivity contribution in [1.82, 2.24) is 19.8 Å². The molecule has 0 spiro atoms. The summed E-state index contributed by atoms with van der Waals surface area (Å²) < 4.78 is 33.3. The van der Waals surface area contributed by atoms with E-state index in [1.54, 1.807) is 36.4 Å². The highest BCUT2D eigenvalue weighted by Crippen LogP contribution is 2.21. The van der Waals surface area contributed by atoms with Gasteiger partial charge in [0.1, 0.15) is 0 Å². The smallest absolute Gasteiger partial charge is 0.241 e. The lowest BCUT2D eigenvalue weighted by Crippen LogP contribution is -2.40. The highest BCUT2D eigenvalue weighted by molar-refractivity contribution is 7.89. The van der Waals surface area contributed by atoms with Crippen molar-refractivity contribution < 1.29 is 12.9 Å². The molecule has 1 aromatic heterocycles. The van der Waals surface area contributed by atoms with Crippen LogP contribution in [0.25, 0.3) is 11.4 Å². The van der Waals surface area contributed by atoms with E-state index in [9.17, 15) is 8.42 Å². The predicted octanol–water partition coefficient (Wildman–Crippen LogP) is 3.89. The number of likely N-dealkylation sites (tertiary alicyclic amines) is 1. The van der Waals surface area contributed by atoms with Gasteiger partial charge in [-0.2, -0.15) is 4.98 Å². The molecule has 4 rings (SSSR count). The second kappa shape index (κ2) is 9.48. The van der Waals surface area contributed by atoms with Crippen LogP contribution >= 0.6 is 11.6 Å². The SMILES string of the molecule is Cc1ccc(S(=O)(=O)NCC2CCCN(Cc3nc(-c4ccc(Cl)cc4)no3)C2)cc1. The average molecular weight is 461 g/mol. The first kappa shape index (κ1) is 22.0. The third kappa shape index (κ3) is 5.71. The molecule has 31 heavy (non-hydrogen) atoms. The summed E-state index contributed by atoms with van der Waals surface area (Å²) >= 11 is 5.93. The Hall–Kier alpha value is -2.26. The molecule has 3 aromatic rings. The summed E-state index contributed by atoms with van der Waals surface area (Å²) in [7, 11) is -3.50. The van der Waals surface area contributed by atoms with Crippen LogP contribution in [0.3, 0.4) is 0 Å². The largest absolute Gasteiger partial charge is 0.338 e. The molecule has 0 bridgehead atoms. The van der Waals surface area contributed by atoms with Gasteiger partial charge < -0.3 is 4.52 Å². The van der Waals surface area contributed by atoms with Gasteiger partial charge in [0.25, 0.3) is 0 Å². The van der Waals surface area contributed by atoms with E-state index in [1.165, 1.54) is 0 Å². The topological polar surface area (TPSA) is 88.3 Å². The molecule has 1 saturated heterocycles. The van der Waals surface area contributed by atoms with E-state index in [2.05, 4.69) is 19.8 Å². The highest BCUT2D eigenvalue weighted by Gasteiger charge is 2.24. The molecule has 1 aliphatic heterocycles. The molecule has 1 unspecified atom stereocenters. The Morgan fingerprint density at radius 3 is 2.65 bits per heavy atom. The van der Waals surface area contributed by atoms with Gasteiger partial charge in [-0.3, -0.25) is 4.90 Å². The van der Waals surface area contributed by atoms with Crippen molar-refractivity contribution in [2.24, 2.45) is 5.92 Å². The molecule has 0 saturated carbocycles. The van der Waals surface area contributed by atoms with Crippen LogP contribution in [0.4, 0.5) is 0 Å². The zero-order valence-corrected chi connectivity index (χ0v) is 18.9. The number of nitrogens with one attached hydrogen (secondary N) is 1.